The summed E-state index contributed by atoms with van der Waals surface area (Å²) in [6.45, 7) is 2.05. The van der Waals surface area contributed by atoms with Crippen LogP contribution in [0.2, 0.25) is 0 Å². The first-order valence-corrected chi connectivity index (χ1v) is 8.01. The lowest BCUT2D eigenvalue weighted by atomic mass is 9.84. The summed E-state index contributed by atoms with van der Waals surface area (Å²) in [4.78, 5) is 12.8. The van der Waals surface area contributed by atoms with Crippen LogP contribution in [0.4, 0.5) is 0 Å². The van der Waals surface area contributed by atoms with E-state index in [9.17, 15) is 9.90 Å². The summed E-state index contributed by atoms with van der Waals surface area (Å²) in [5, 5.41) is 10.6. The molecule has 0 amide bonds. The first kappa shape index (κ1) is 13.3. The van der Waals surface area contributed by atoms with Crippen LogP contribution in [0.3, 0.4) is 0 Å². The molecule has 4 heteroatoms. The van der Waals surface area contributed by atoms with Crippen molar-refractivity contribution in [1.82, 2.24) is 0 Å². The van der Waals surface area contributed by atoms with Crippen molar-refractivity contribution in [1.29, 1.82) is 0 Å². The molecule has 1 fully saturated rings. The minimum Gasteiger partial charge on any atom is -0.511 e. The number of carbonyl (C=O) groups is 1. The van der Waals surface area contributed by atoms with Crippen LogP contribution in [0.5, 0.6) is 0 Å². The Kier molecular flexibility index (Phi) is 2.88. The fraction of sp³-hybridized carbons (Fsp3) is 0.353. The Bertz CT molecular complexity index is 704. The van der Waals surface area contributed by atoms with E-state index >= 15 is 0 Å². The average Bonchev–Trinajstić information content (AvgIpc) is 3.13. The number of aryl methyl sites for hydroxylation is 1. The number of fused-ring (bicyclic) bond motifs is 5. The van der Waals surface area contributed by atoms with Gasteiger partial charge in [-0.3, -0.25) is 4.79 Å². The van der Waals surface area contributed by atoms with Crippen molar-refractivity contribution in [3.8, 4) is 0 Å². The lowest BCUT2D eigenvalue weighted by Gasteiger charge is -2.15. The topological polar surface area (TPSA) is 46.5 Å². The second-order valence-corrected chi connectivity index (χ2v) is 6.70. The number of ether oxygens (including phenoxy) is 1. The molecule has 3 aliphatic rings. The zero-order chi connectivity index (χ0) is 14.7. The van der Waals surface area contributed by atoms with Crippen LogP contribution in [-0.2, 0) is 16.0 Å². The molecule has 1 N–H and O–H groups in total. The Morgan fingerprint density at radius 3 is 2.62 bits per heavy atom. The maximum atomic E-state index is 12.8. The molecular weight excluding hydrogens is 332 g/mol. The van der Waals surface area contributed by atoms with Gasteiger partial charge in [-0.05, 0) is 29.7 Å². The Labute approximate surface area is 131 Å². The zero-order valence-corrected chi connectivity index (χ0v) is 13.1. The molecule has 3 nitrogen and oxygen atoms in total. The van der Waals surface area contributed by atoms with Gasteiger partial charge in [0, 0.05) is 4.47 Å². The van der Waals surface area contributed by atoms with E-state index in [0.29, 0.717) is 5.57 Å². The molecule has 0 radical (unpaired) electrons. The summed E-state index contributed by atoms with van der Waals surface area (Å²) in [6, 6.07) is 5.90. The van der Waals surface area contributed by atoms with Crippen molar-refractivity contribution in [3.05, 3.63) is 51.7 Å². The first-order valence-electron chi connectivity index (χ1n) is 7.21. The summed E-state index contributed by atoms with van der Waals surface area (Å²) in [7, 11) is 0. The number of aliphatic hydroxyl groups excluding tert-OH is 1. The number of halogens is 1. The Balaban J connectivity index is 1.86. The smallest absolute Gasteiger partial charge is 0.173 e. The average molecular weight is 347 g/mol. The molecule has 0 unspecified atom stereocenters. The number of carbonyl (C=O) groups excluding carboxylic acids is 1. The highest BCUT2D eigenvalue weighted by Crippen LogP contribution is 2.51. The van der Waals surface area contributed by atoms with E-state index in [1.165, 1.54) is 0 Å². The number of hydrogen-bond acceptors (Lipinski definition) is 3. The Morgan fingerprint density at radius 1 is 1.24 bits per heavy atom. The van der Waals surface area contributed by atoms with Gasteiger partial charge in [0.05, 0.1) is 29.6 Å². The highest BCUT2D eigenvalue weighted by molar-refractivity contribution is 9.10. The van der Waals surface area contributed by atoms with Gasteiger partial charge in [0.1, 0.15) is 5.76 Å². The highest BCUT2D eigenvalue weighted by atomic mass is 79.9. The number of allylic oxidation sites excluding steroid dienone is 1. The minimum atomic E-state index is -0.251. The van der Waals surface area contributed by atoms with E-state index in [-0.39, 0.29) is 35.6 Å². The summed E-state index contributed by atoms with van der Waals surface area (Å²) in [6.07, 6.45) is 4.40. The van der Waals surface area contributed by atoms with Crippen molar-refractivity contribution < 1.29 is 14.6 Å². The van der Waals surface area contributed by atoms with Gasteiger partial charge in [-0.2, -0.15) is 0 Å². The van der Waals surface area contributed by atoms with Crippen LogP contribution in [0.25, 0.3) is 5.57 Å². The molecule has 2 bridgehead atoms. The van der Waals surface area contributed by atoms with Crippen LogP contribution in [0.15, 0.2) is 40.6 Å². The molecule has 0 spiro atoms. The van der Waals surface area contributed by atoms with Crippen molar-refractivity contribution in [2.24, 2.45) is 11.8 Å². The Hall–Kier alpha value is -1.39. The summed E-state index contributed by atoms with van der Waals surface area (Å²) in [5.41, 5.74) is 2.42. The largest absolute Gasteiger partial charge is 0.511 e. The monoisotopic (exact) mass is 346 g/mol. The minimum absolute atomic E-state index is 0.0159. The van der Waals surface area contributed by atoms with Gasteiger partial charge < -0.3 is 9.84 Å². The van der Waals surface area contributed by atoms with Gasteiger partial charge in [0.25, 0.3) is 0 Å². The highest BCUT2D eigenvalue weighted by Gasteiger charge is 2.57. The molecule has 1 aliphatic carbocycles. The molecule has 1 saturated heterocycles. The van der Waals surface area contributed by atoms with Crippen molar-refractivity contribution in [2.45, 2.75) is 25.6 Å². The first-order chi connectivity index (χ1) is 10.1. The number of rotatable bonds is 2. The maximum Gasteiger partial charge on any atom is 0.173 e. The SMILES string of the molecule is CCc1ccc(Br)cc1C1=C(O)[C@H]2[C@@H](C1=O)[C@@H]1C=C[C@H]2O1. The second kappa shape index (κ2) is 4.55. The summed E-state index contributed by atoms with van der Waals surface area (Å²) in [5.74, 6) is -0.235. The van der Waals surface area contributed by atoms with Crippen LogP contribution >= 0.6 is 15.9 Å². The van der Waals surface area contributed by atoms with Gasteiger partial charge in [0.2, 0.25) is 0 Å². The molecular formula is C17H15BrO3. The van der Waals surface area contributed by atoms with Gasteiger partial charge in [0.15, 0.2) is 5.78 Å². The van der Waals surface area contributed by atoms with E-state index < -0.39 is 0 Å². The normalized spacial score (nSPS) is 33.1. The summed E-state index contributed by atoms with van der Waals surface area (Å²) >= 11 is 3.46. The van der Waals surface area contributed by atoms with Crippen LogP contribution in [0, 0.1) is 11.8 Å². The van der Waals surface area contributed by atoms with Crippen LogP contribution in [-0.4, -0.2) is 23.1 Å². The summed E-state index contributed by atoms with van der Waals surface area (Å²) < 4.78 is 6.62. The van der Waals surface area contributed by atoms with E-state index in [1.807, 2.05) is 30.4 Å². The maximum absolute atomic E-state index is 12.8. The lowest BCUT2D eigenvalue weighted by Crippen LogP contribution is -2.26. The zero-order valence-electron chi connectivity index (χ0n) is 11.5. The van der Waals surface area contributed by atoms with Gasteiger partial charge in [-0.15, -0.1) is 0 Å². The molecule has 108 valence electrons. The standard InChI is InChI=1S/C17H15BrO3/c1-2-8-3-4-9(18)7-10(8)13-16(19)14-11-5-6-12(21-11)15(14)17(13)20/h3-7,11-12,14-15,19H,2H2,1H3/t11-,12+,14-,15+/m1/s1. The molecule has 2 aliphatic heterocycles. The number of aliphatic hydroxyl groups is 1. The Morgan fingerprint density at radius 2 is 1.95 bits per heavy atom. The van der Waals surface area contributed by atoms with Crippen LogP contribution in [0.1, 0.15) is 18.1 Å². The molecule has 4 rings (SSSR count). The van der Waals surface area contributed by atoms with Crippen molar-refractivity contribution in [3.63, 3.8) is 0 Å². The molecule has 1 aromatic rings. The van der Waals surface area contributed by atoms with Crippen LogP contribution < -0.4 is 0 Å². The molecule has 2 heterocycles. The number of benzene rings is 1. The van der Waals surface area contributed by atoms with Crippen molar-refractivity contribution >= 4 is 27.3 Å². The predicted molar refractivity (Wildman–Crippen MR) is 82.9 cm³/mol. The second-order valence-electron chi connectivity index (χ2n) is 5.78. The van der Waals surface area contributed by atoms with Gasteiger partial charge >= 0.3 is 0 Å². The van der Waals surface area contributed by atoms with Gasteiger partial charge in [-0.1, -0.05) is 41.1 Å². The van der Waals surface area contributed by atoms with E-state index in [0.717, 1.165) is 22.0 Å². The molecule has 1 aromatic carbocycles. The van der Waals surface area contributed by atoms with E-state index in [2.05, 4.69) is 22.9 Å². The van der Waals surface area contributed by atoms with E-state index in [1.54, 1.807) is 0 Å². The molecule has 0 saturated carbocycles. The number of hydrogen-bond donors (Lipinski definition) is 1. The van der Waals surface area contributed by atoms with Gasteiger partial charge in [-0.25, -0.2) is 0 Å². The third-order valence-corrected chi connectivity index (χ3v) is 5.24. The quantitative estimate of drug-likeness (QED) is 0.834. The predicted octanol–water partition coefficient (Wildman–Crippen LogP) is 3.43. The molecule has 4 atom stereocenters. The fourth-order valence-electron chi connectivity index (χ4n) is 3.77. The van der Waals surface area contributed by atoms with E-state index in [4.69, 9.17) is 4.74 Å². The lowest BCUT2D eigenvalue weighted by molar-refractivity contribution is -0.118. The molecule has 21 heavy (non-hydrogen) atoms. The molecule has 0 aromatic heterocycles. The third kappa shape index (κ3) is 1.72. The third-order valence-electron chi connectivity index (χ3n) is 4.74. The van der Waals surface area contributed by atoms with Crippen molar-refractivity contribution in [2.75, 3.05) is 0 Å². The number of ketones is 1. The number of Topliss-reactive ketones (excluding diaryl/α,β-unsaturated/α-hetero) is 1. The fourth-order valence-corrected chi connectivity index (χ4v) is 4.13.